The molecule has 0 aromatic heterocycles. The Kier molecular flexibility index (Phi) is 2.40. The molecule has 0 atom stereocenters. The number of hydrogen-bond acceptors (Lipinski definition) is 2. The van der Waals surface area contributed by atoms with E-state index in [4.69, 9.17) is 10.7 Å². The van der Waals surface area contributed by atoms with Crippen molar-refractivity contribution in [2.24, 2.45) is 5.41 Å². The third-order valence-corrected chi connectivity index (χ3v) is 5.67. The maximum absolute atomic E-state index is 13.2. The van der Waals surface area contributed by atoms with Crippen LogP contribution >= 0.6 is 10.7 Å². The monoisotopic (exact) mass is 288 g/mol. The second-order valence-corrected chi connectivity index (χ2v) is 8.73. The molecule has 2 nitrogen and oxygen atoms in total. The smallest absolute Gasteiger partial charge is 0.212 e. The van der Waals surface area contributed by atoms with E-state index in [2.05, 4.69) is 0 Å². The minimum absolute atomic E-state index is 0.0729. The fraction of sp³-hybridized carbons (Fsp3) is 0.538. The van der Waals surface area contributed by atoms with E-state index in [1.165, 1.54) is 6.07 Å². The average molecular weight is 289 g/mol. The van der Waals surface area contributed by atoms with Crippen molar-refractivity contribution in [1.29, 1.82) is 0 Å². The Morgan fingerprint density at radius 3 is 2.44 bits per heavy atom. The van der Waals surface area contributed by atoms with Crippen LogP contribution in [0.15, 0.2) is 18.2 Å². The topological polar surface area (TPSA) is 34.1 Å². The molecule has 0 spiro atoms. The summed E-state index contributed by atoms with van der Waals surface area (Å²) in [4.78, 5) is 0. The molecule has 3 aliphatic carbocycles. The first kappa shape index (κ1) is 12.4. The van der Waals surface area contributed by atoms with E-state index >= 15 is 0 Å². The van der Waals surface area contributed by atoms with Crippen LogP contribution in [0.1, 0.15) is 30.4 Å². The Morgan fingerprint density at radius 1 is 1.33 bits per heavy atom. The summed E-state index contributed by atoms with van der Waals surface area (Å²) in [5.41, 5.74) is 1.76. The first-order valence-electron chi connectivity index (χ1n) is 5.93. The molecule has 3 aliphatic rings. The van der Waals surface area contributed by atoms with Gasteiger partial charge in [-0.2, -0.15) is 0 Å². The Balaban J connectivity index is 1.78. The Labute approximate surface area is 111 Å². The van der Waals surface area contributed by atoms with Crippen LogP contribution in [0.4, 0.5) is 4.39 Å². The molecule has 4 rings (SSSR count). The van der Waals surface area contributed by atoms with Crippen molar-refractivity contribution in [1.82, 2.24) is 0 Å². The molecule has 1 aromatic carbocycles. The Bertz CT molecular complexity index is 604. The molecule has 0 heterocycles. The van der Waals surface area contributed by atoms with Gasteiger partial charge in [0.15, 0.2) is 0 Å². The van der Waals surface area contributed by atoms with Crippen molar-refractivity contribution in [2.45, 2.75) is 31.6 Å². The lowest BCUT2D eigenvalue weighted by Gasteiger charge is -2.71. The van der Waals surface area contributed by atoms with E-state index in [1.54, 1.807) is 6.92 Å². The van der Waals surface area contributed by atoms with Gasteiger partial charge >= 0.3 is 0 Å². The highest BCUT2D eigenvalue weighted by molar-refractivity contribution is 8.13. The number of hydrogen-bond donors (Lipinski definition) is 0. The van der Waals surface area contributed by atoms with Crippen LogP contribution in [0, 0.1) is 18.2 Å². The van der Waals surface area contributed by atoms with Gasteiger partial charge in [0, 0.05) is 10.7 Å². The largest absolute Gasteiger partial charge is 0.233 e. The molecule has 0 N–H and O–H groups in total. The van der Waals surface area contributed by atoms with Crippen LogP contribution in [0.5, 0.6) is 0 Å². The average Bonchev–Trinajstić information content (AvgIpc) is 2.12. The zero-order valence-electron chi connectivity index (χ0n) is 10.0. The van der Waals surface area contributed by atoms with Gasteiger partial charge in [-0.25, -0.2) is 12.8 Å². The van der Waals surface area contributed by atoms with Gasteiger partial charge in [0.05, 0.1) is 5.75 Å². The van der Waals surface area contributed by atoms with E-state index in [0.717, 1.165) is 24.8 Å². The fourth-order valence-corrected chi connectivity index (χ4v) is 5.53. The molecule has 0 aliphatic heterocycles. The van der Waals surface area contributed by atoms with Crippen molar-refractivity contribution < 1.29 is 12.8 Å². The molecule has 2 bridgehead atoms. The number of halogens is 2. The first-order chi connectivity index (χ1) is 8.24. The predicted molar refractivity (Wildman–Crippen MR) is 68.7 cm³/mol. The Hall–Kier alpha value is -0.610. The highest BCUT2D eigenvalue weighted by Gasteiger charge is 2.68. The second kappa shape index (κ2) is 3.48. The highest BCUT2D eigenvalue weighted by Crippen LogP contribution is 2.74. The SMILES string of the molecule is Cc1cc(C23CC(CS(=O)(=O)Cl)(C2)C3)ccc1F. The minimum atomic E-state index is -3.42. The molecule has 3 fully saturated rings. The quantitative estimate of drug-likeness (QED) is 0.801. The normalized spacial score (nSPS) is 33.7. The third kappa shape index (κ3) is 1.77. The molecule has 0 unspecified atom stereocenters. The van der Waals surface area contributed by atoms with E-state index in [9.17, 15) is 12.8 Å². The molecule has 98 valence electrons. The summed E-state index contributed by atoms with van der Waals surface area (Å²) in [5.74, 6) is -0.118. The van der Waals surface area contributed by atoms with Crippen molar-refractivity contribution in [2.75, 3.05) is 5.75 Å². The summed E-state index contributed by atoms with van der Waals surface area (Å²) in [6.45, 7) is 1.75. The maximum Gasteiger partial charge on any atom is 0.233 e. The zero-order valence-corrected chi connectivity index (χ0v) is 11.6. The lowest BCUT2D eigenvalue weighted by Crippen LogP contribution is -2.66. The number of benzene rings is 1. The van der Waals surface area contributed by atoms with Gasteiger partial charge in [0.1, 0.15) is 5.82 Å². The number of aryl methyl sites for hydroxylation is 1. The van der Waals surface area contributed by atoms with Gasteiger partial charge in [0.2, 0.25) is 9.05 Å². The summed E-state index contributed by atoms with van der Waals surface area (Å²) < 4.78 is 35.5. The first-order valence-corrected chi connectivity index (χ1v) is 8.41. The van der Waals surface area contributed by atoms with Crippen molar-refractivity contribution in [3.63, 3.8) is 0 Å². The van der Waals surface area contributed by atoms with Crippen molar-refractivity contribution >= 4 is 19.7 Å². The molecule has 0 saturated heterocycles. The molecular weight excluding hydrogens is 275 g/mol. The van der Waals surface area contributed by atoms with Gasteiger partial charge in [-0.15, -0.1) is 0 Å². The van der Waals surface area contributed by atoms with E-state index in [0.29, 0.717) is 5.56 Å². The van der Waals surface area contributed by atoms with Crippen LogP contribution in [0.2, 0.25) is 0 Å². The zero-order chi connectivity index (χ0) is 13.2. The summed E-state index contributed by atoms with van der Waals surface area (Å²) in [6.07, 6.45) is 2.57. The molecule has 18 heavy (non-hydrogen) atoms. The maximum atomic E-state index is 13.2. The summed E-state index contributed by atoms with van der Waals surface area (Å²) in [5, 5.41) is 0. The molecule has 5 heteroatoms. The molecule has 0 radical (unpaired) electrons. The van der Waals surface area contributed by atoms with E-state index in [-0.39, 0.29) is 22.4 Å². The van der Waals surface area contributed by atoms with E-state index < -0.39 is 9.05 Å². The highest BCUT2D eigenvalue weighted by atomic mass is 35.7. The molecule has 1 aromatic rings. The molecule has 0 amide bonds. The van der Waals surface area contributed by atoms with Crippen LogP contribution in [0.25, 0.3) is 0 Å². The number of rotatable bonds is 3. The van der Waals surface area contributed by atoms with Gasteiger partial charge in [0.25, 0.3) is 0 Å². The Morgan fingerprint density at radius 2 is 1.94 bits per heavy atom. The summed E-state index contributed by atoms with van der Waals surface area (Å²) in [6, 6.07) is 5.20. The summed E-state index contributed by atoms with van der Waals surface area (Å²) >= 11 is 0. The predicted octanol–water partition coefficient (Wildman–Crippen LogP) is 3.12. The van der Waals surface area contributed by atoms with Crippen LogP contribution < -0.4 is 0 Å². The van der Waals surface area contributed by atoms with E-state index in [1.807, 2.05) is 12.1 Å². The third-order valence-electron chi connectivity index (χ3n) is 4.39. The molecular formula is C13H14ClFO2S. The lowest BCUT2D eigenvalue weighted by atomic mass is 9.34. The lowest BCUT2D eigenvalue weighted by molar-refractivity contribution is -0.122. The van der Waals surface area contributed by atoms with Gasteiger partial charge in [-0.3, -0.25) is 0 Å². The standard InChI is InChI=1S/C13H14ClFO2S/c1-9-4-10(2-3-11(9)15)13-5-12(6-13,7-13)8-18(14,16)17/h2-4H,5-8H2,1H3. The summed E-state index contributed by atoms with van der Waals surface area (Å²) in [7, 11) is 1.90. The van der Waals surface area contributed by atoms with Crippen LogP contribution in [-0.2, 0) is 14.5 Å². The van der Waals surface area contributed by atoms with Gasteiger partial charge < -0.3 is 0 Å². The second-order valence-electron chi connectivity index (χ2n) is 5.96. The van der Waals surface area contributed by atoms with Gasteiger partial charge in [-0.05, 0) is 54.2 Å². The van der Waals surface area contributed by atoms with Crippen LogP contribution in [-0.4, -0.2) is 14.2 Å². The van der Waals surface area contributed by atoms with Crippen molar-refractivity contribution in [3.8, 4) is 0 Å². The van der Waals surface area contributed by atoms with Gasteiger partial charge in [-0.1, -0.05) is 12.1 Å². The van der Waals surface area contributed by atoms with Crippen LogP contribution in [0.3, 0.4) is 0 Å². The van der Waals surface area contributed by atoms with Crippen molar-refractivity contribution in [3.05, 3.63) is 35.1 Å². The fourth-order valence-electron chi connectivity index (χ4n) is 3.80. The minimum Gasteiger partial charge on any atom is -0.212 e. The molecule has 3 saturated carbocycles.